The number of aromatic nitrogens is 3. The molecule has 0 saturated carbocycles. The van der Waals surface area contributed by atoms with E-state index in [1.807, 2.05) is 24.3 Å². The molecule has 1 fully saturated rings. The second-order valence-electron chi connectivity index (χ2n) is 5.09. The zero-order valence-electron chi connectivity index (χ0n) is 11.5. The summed E-state index contributed by atoms with van der Waals surface area (Å²) in [7, 11) is 0. The van der Waals surface area contributed by atoms with E-state index in [2.05, 4.69) is 15.4 Å². The number of nitrogens with two attached hydrogens (primary N) is 1. The van der Waals surface area contributed by atoms with Crippen molar-refractivity contribution in [2.75, 3.05) is 18.5 Å². The van der Waals surface area contributed by atoms with Gasteiger partial charge in [0.2, 0.25) is 5.91 Å². The number of nitrogens with zero attached hydrogens (tertiary/aromatic N) is 3. The smallest absolute Gasteiger partial charge is 0.231 e. The van der Waals surface area contributed by atoms with E-state index in [-0.39, 0.29) is 17.9 Å². The monoisotopic (exact) mass is 287 g/mol. The average molecular weight is 287 g/mol. The summed E-state index contributed by atoms with van der Waals surface area (Å²) in [6.45, 7) is 1.47. The minimum atomic E-state index is -0.278. The van der Waals surface area contributed by atoms with Crippen LogP contribution in [0.4, 0.5) is 5.69 Å². The highest BCUT2D eigenvalue weighted by molar-refractivity contribution is 5.93. The molecule has 2 heterocycles. The number of benzene rings is 1. The van der Waals surface area contributed by atoms with Gasteiger partial charge in [0.15, 0.2) is 0 Å². The molecule has 1 aliphatic rings. The predicted octanol–water partition coefficient (Wildman–Crippen LogP) is 0.239. The topological polar surface area (TPSA) is 95.1 Å². The molecule has 0 bridgehead atoms. The Hall–Kier alpha value is -2.25. The molecule has 0 radical (unpaired) electrons. The quantitative estimate of drug-likeness (QED) is 0.840. The Morgan fingerprint density at radius 1 is 1.38 bits per heavy atom. The molecular formula is C14H17N5O2. The van der Waals surface area contributed by atoms with E-state index in [0.29, 0.717) is 19.8 Å². The van der Waals surface area contributed by atoms with Crippen LogP contribution in [0.25, 0.3) is 0 Å². The van der Waals surface area contributed by atoms with Crippen LogP contribution in [0.3, 0.4) is 0 Å². The van der Waals surface area contributed by atoms with E-state index in [1.165, 1.54) is 6.33 Å². The number of rotatable bonds is 4. The summed E-state index contributed by atoms with van der Waals surface area (Å²) in [5.41, 5.74) is 7.67. The SMILES string of the molecule is NC1COCC1C(=O)Nc1ccc(Cn2cncn2)cc1. The van der Waals surface area contributed by atoms with Gasteiger partial charge in [-0.3, -0.25) is 4.79 Å². The largest absolute Gasteiger partial charge is 0.379 e. The lowest BCUT2D eigenvalue weighted by molar-refractivity contribution is -0.120. The van der Waals surface area contributed by atoms with Gasteiger partial charge in [-0.25, -0.2) is 9.67 Å². The molecule has 3 N–H and O–H groups in total. The van der Waals surface area contributed by atoms with Gasteiger partial charge in [0, 0.05) is 11.7 Å². The highest BCUT2D eigenvalue weighted by atomic mass is 16.5. The molecule has 1 saturated heterocycles. The van der Waals surface area contributed by atoms with Gasteiger partial charge < -0.3 is 15.8 Å². The molecule has 110 valence electrons. The molecule has 2 atom stereocenters. The molecule has 7 nitrogen and oxygen atoms in total. The fourth-order valence-corrected chi connectivity index (χ4v) is 2.27. The lowest BCUT2D eigenvalue weighted by atomic mass is 10.0. The number of hydrogen-bond donors (Lipinski definition) is 2. The first kappa shape index (κ1) is 13.7. The second kappa shape index (κ2) is 6.02. The van der Waals surface area contributed by atoms with Crippen LogP contribution in [-0.4, -0.2) is 39.9 Å². The Morgan fingerprint density at radius 2 is 2.19 bits per heavy atom. The third-order valence-electron chi connectivity index (χ3n) is 3.49. The van der Waals surface area contributed by atoms with Crippen molar-refractivity contribution in [3.8, 4) is 0 Å². The van der Waals surface area contributed by atoms with Crippen LogP contribution in [0, 0.1) is 5.92 Å². The van der Waals surface area contributed by atoms with Crippen molar-refractivity contribution in [3.05, 3.63) is 42.5 Å². The fourth-order valence-electron chi connectivity index (χ4n) is 2.27. The van der Waals surface area contributed by atoms with Crippen molar-refractivity contribution in [2.24, 2.45) is 11.7 Å². The Kier molecular flexibility index (Phi) is 3.94. The van der Waals surface area contributed by atoms with E-state index >= 15 is 0 Å². The minimum absolute atomic E-state index is 0.0935. The Bertz CT molecular complexity index is 596. The number of anilines is 1. The van der Waals surface area contributed by atoms with Crippen LogP contribution in [0.1, 0.15) is 5.56 Å². The molecule has 1 amide bonds. The summed E-state index contributed by atoms with van der Waals surface area (Å²) in [6, 6.07) is 7.40. The fraction of sp³-hybridized carbons (Fsp3) is 0.357. The van der Waals surface area contributed by atoms with Gasteiger partial charge in [-0.05, 0) is 17.7 Å². The summed E-state index contributed by atoms with van der Waals surface area (Å²) in [5, 5.41) is 6.92. The van der Waals surface area contributed by atoms with Crippen molar-refractivity contribution in [1.29, 1.82) is 0 Å². The van der Waals surface area contributed by atoms with Gasteiger partial charge in [-0.1, -0.05) is 12.1 Å². The predicted molar refractivity (Wildman–Crippen MR) is 76.5 cm³/mol. The standard InChI is InChI=1S/C14H17N5O2/c15-13-7-21-6-12(13)14(20)18-11-3-1-10(2-4-11)5-19-9-16-8-17-19/h1-4,8-9,12-13H,5-7,15H2,(H,18,20). The maximum absolute atomic E-state index is 12.1. The minimum Gasteiger partial charge on any atom is -0.379 e. The number of carbonyl (C=O) groups excluding carboxylic acids is 1. The molecule has 7 heteroatoms. The third-order valence-corrected chi connectivity index (χ3v) is 3.49. The van der Waals surface area contributed by atoms with E-state index < -0.39 is 0 Å². The van der Waals surface area contributed by atoms with Crippen molar-refractivity contribution < 1.29 is 9.53 Å². The van der Waals surface area contributed by atoms with E-state index in [4.69, 9.17) is 10.5 Å². The Morgan fingerprint density at radius 3 is 2.81 bits per heavy atom. The molecule has 3 rings (SSSR count). The molecule has 21 heavy (non-hydrogen) atoms. The molecular weight excluding hydrogens is 270 g/mol. The van der Waals surface area contributed by atoms with E-state index in [1.54, 1.807) is 11.0 Å². The summed E-state index contributed by atoms with van der Waals surface area (Å²) in [4.78, 5) is 16.0. The average Bonchev–Trinajstić information content (AvgIpc) is 3.12. The summed E-state index contributed by atoms with van der Waals surface area (Å²) in [5.74, 6) is -0.371. The number of carbonyl (C=O) groups is 1. The zero-order valence-corrected chi connectivity index (χ0v) is 11.5. The number of ether oxygens (including phenoxy) is 1. The Balaban J connectivity index is 1.60. The molecule has 2 unspecified atom stereocenters. The molecule has 1 aliphatic heterocycles. The van der Waals surface area contributed by atoms with Crippen LogP contribution < -0.4 is 11.1 Å². The molecule has 0 spiro atoms. The van der Waals surface area contributed by atoms with Gasteiger partial charge in [0.25, 0.3) is 0 Å². The van der Waals surface area contributed by atoms with Crippen molar-refractivity contribution >= 4 is 11.6 Å². The van der Waals surface area contributed by atoms with Gasteiger partial charge in [-0.2, -0.15) is 5.10 Å². The highest BCUT2D eigenvalue weighted by Crippen LogP contribution is 2.16. The van der Waals surface area contributed by atoms with E-state index in [0.717, 1.165) is 11.3 Å². The van der Waals surface area contributed by atoms with Gasteiger partial charge in [0.05, 0.1) is 25.7 Å². The van der Waals surface area contributed by atoms with Crippen LogP contribution in [0.15, 0.2) is 36.9 Å². The zero-order chi connectivity index (χ0) is 14.7. The maximum atomic E-state index is 12.1. The van der Waals surface area contributed by atoms with Crippen molar-refractivity contribution in [3.63, 3.8) is 0 Å². The molecule has 2 aromatic rings. The van der Waals surface area contributed by atoms with Gasteiger partial charge in [-0.15, -0.1) is 0 Å². The first-order valence-corrected chi connectivity index (χ1v) is 6.78. The lowest BCUT2D eigenvalue weighted by Crippen LogP contribution is -2.37. The molecule has 1 aromatic heterocycles. The molecule has 1 aromatic carbocycles. The first-order chi connectivity index (χ1) is 10.2. The number of amides is 1. The summed E-state index contributed by atoms with van der Waals surface area (Å²) < 4.78 is 6.94. The normalized spacial score (nSPS) is 21.4. The van der Waals surface area contributed by atoms with Crippen molar-refractivity contribution in [1.82, 2.24) is 14.8 Å². The Labute approximate surface area is 122 Å². The summed E-state index contributed by atoms with van der Waals surface area (Å²) >= 11 is 0. The number of nitrogens with one attached hydrogen (secondary N) is 1. The van der Waals surface area contributed by atoms with Gasteiger partial charge in [0.1, 0.15) is 12.7 Å². The second-order valence-corrected chi connectivity index (χ2v) is 5.09. The maximum Gasteiger partial charge on any atom is 0.231 e. The first-order valence-electron chi connectivity index (χ1n) is 6.78. The lowest BCUT2D eigenvalue weighted by Gasteiger charge is -2.13. The van der Waals surface area contributed by atoms with Crippen LogP contribution in [0.2, 0.25) is 0 Å². The van der Waals surface area contributed by atoms with Crippen molar-refractivity contribution in [2.45, 2.75) is 12.6 Å². The summed E-state index contributed by atoms with van der Waals surface area (Å²) in [6.07, 6.45) is 3.17. The van der Waals surface area contributed by atoms with Crippen LogP contribution in [-0.2, 0) is 16.1 Å². The number of hydrogen-bond acceptors (Lipinski definition) is 5. The highest BCUT2D eigenvalue weighted by Gasteiger charge is 2.31. The van der Waals surface area contributed by atoms with Gasteiger partial charge >= 0.3 is 0 Å². The van der Waals surface area contributed by atoms with Crippen LogP contribution >= 0.6 is 0 Å². The third kappa shape index (κ3) is 3.26. The molecule has 0 aliphatic carbocycles. The van der Waals surface area contributed by atoms with E-state index in [9.17, 15) is 4.79 Å². The van der Waals surface area contributed by atoms with Crippen LogP contribution in [0.5, 0.6) is 0 Å².